The number of hydrogen-bond acceptors (Lipinski definition) is 4. The molecular weight excluding hydrogens is 284 g/mol. The number of benzene rings is 1. The van der Waals surface area contributed by atoms with Gasteiger partial charge >= 0.3 is 0 Å². The molecule has 1 aromatic carbocycles. The molecule has 0 radical (unpaired) electrons. The van der Waals surface area contributed by atoms with Crippen LogP contribution in [0.5, 0.6) is 0 Å². The first-order valence-corrected chi connectivity index (χ1v) is 8.41. The summed E-state index contributed by atoms with van der Waals surface area (Å²) in [7, 11) is 0. The van der Waals surface area contributed by atoms with Crippen LogP contribution in [0, 0.1) is 11.3 Å². The lowest BCUT2D eigenvalue weighted by molar-refractivity contribution is 1.13. The van der Waals surface area contributed by atoms with Crippen LogP contribution in [0.15, 0.2) is 36.4 Å². The van der Waals surface area contributed by atoms with Crippen LogP contribution in [0.4, 0.5) is 0 Å². The van der Waals surface area contributed by atoms with Crippen LogP contribution in [-0.4, -0.2) is 5.75 Å². The van der Waals surface area contributed by atoms with E-state index in [4.69, 9.17) is 5.73 Å². The lowest BCUT2D eigenvalue weighted by atomic mass is 10.0. The number of allylic oxidation sites excluding steroid dienone is 1. The molecule has 2 heterocycles. The normalized spacial score (nSPS) is 15.2. The van der Waals surface area contributed by atoms with Gasteiger partial charge in [0.25, 0.3) is 0 Å². The average Bonchev–Trinajstić information content (AvgIpc) is 2.93. The molecule has 0 saturated heterocycles. The van der Waals surface area contributed by atoms with Crippen molar-refractivity contribution in [2.45, 2.75) is 12.2 Å². The van der Waals surface area contributed by atoms with Gasteiger partial charge in [0.1, 0.15) is 6.07 Å². The van der Waals surface area contributed by atoms with Gasteiger partial charge in [0.05, 0.1) is 16.1 Å². The van der Waals surface area contributed by atoms with E-state index in [-0.39, 0.29) is 0 Å². The molecule has 0 bridgehead atoms. The van der Waals surface area contributed by atoms with Crippen LogP contribution >= 0.6 is 23.1 Å². The summed E-state index contributed by atoms with van der Waals surface area (Å²) in [5.41, 5.74) is 9.69. The van der Waals surface area contributed by atoms with Crippen molar-refractivity contribution in [3.05, 3.63) is 57.3 Å². The smallest absolute Gasteiger partial charge is 0.102 e. The zero-order chi connectivity index (χ0) is 13.9. The van der Waals surface area contributed by atoms with E-state index in [9.17, 15) is 5.26 Å². The first kappa shape index (κ1) is 13.3. The third-order valence-electron chi connectivity index (χ3n) is 3.34. The number of rotatable bonds is 2. The fourth-order valence-corrected chi connectivity index (χ4v) is 4.62. The molecule has 3 rings (SSSR count). The highest BCUT2D eigenvalue weighted by atomic mass is 32.2. The van der Waals surface area contributed by atoms with Gasteiger partial charge < -0.3 is 5.73 Å². The van der Waals surface area contributed by atoms with Gasteiger partial charge in [-0.05, 0) is 29.4 Å². The highest BCUT2D eigenvalue weighted by molar-refractivity contribution is 7.98. The summed E-state index contributed by atoms with van der Waals surface area (Å²) < 4.78 is 0. The van der Waals surface area contributed by atoms with Crippen molar-refractivity contribution in [2.24, 2.45) is 5.73 Å². The van der Waals surface area contributed by atoms with Crippen LogP contribution < -0.4 is 5.73 Å². The lowest BCUT2D eigenvalue weighted by Gasteiger charge is -2.08. The molecule has 100 valence electrons. The summed E-state index contributed by atoms with van der Waals surface area (Å²) in [5, 5.41) is 9.43. The molecule has 20 heavy (non-hydrogen) atoms. The lowest BCUT2D eigenvalue weighted by Crippen LogP contribution is -1.98. The molecule has 1 aromatic heterocycles. The Morgan fingerprint density at radius 1 is 1.25 bits per heavy atom. The van der Waals surface area contributed by atoms with E-state index < -0.39 is 0 Å². The summed E-state index contributed by atoms with van der Waals surface area (Å²) in [4.78, 5) is 2.45. The molecule has 2 nitrogen and oxygen atoms in total. The Hall–Kier alpha value is -1.70. The van der Waals surface area contributed by atoms with Crippen molar-refractivity contribution >= 4 is 34.4 Å². The van der Waals surface area contributed by atoms with E-state index in [1.54, 1.807) is 11.3 Å². The predicted molar refractivity (Wildman–Crippen MR) is 87.2 cm³/mol. The number of aryl methyl sites for hydroxylation is 1. The number of nitrogens with two attached hydrogens (primary N) is 1. The summed E-state index contributed by atoms with van der Waals surface area (Å²) in [5.74, 6) is 2.24. The minimum absolute atomic E-state index is 0.567. The molecule has 2 aromatic rings. The molecule has 0 amide bonds. The maximum Gasteiger partial charge on any atom is 0.102 e. The minimum Gasteiger partial charge on any atom is -0.396 e. The molecule has 0 saturated carbocycles. The third kappa shape index (κ3) is 2.47. The van der Waals surface area contributed by atoms with Gasteiger partial charge in [-0.2, -0.15) is 17.0 Å². The number of thiophene rings is 1. The average molecular weight is 298 g/mol. The summed E-state index contributed by atoms with van der Waals surface area (Å²) in [6, 6.07) is 14.1. The molecule has 4 heteroatoms. The predicted octanol–water partition coefficient (Wildman–Crippen LogP) is 3.89. The maximum atomic E-state index is 9.43. The zero-order valence-electron chi connectivity index (χ0n) is 10.9. The second-order valence-electron chi connectivity index (χ2n) is 4.63. The standard InChI is InChI=1S/C16H14N2S2/c17-9-13(11-4-2-1-3-5-11)16(18)15-8-12-10-19-7-6-14(12)20-15/h1-5,8H,6-7,10,18H2/b16-13-. The quantitative estimate of drug-likeness (QED) is 0.856. The molecule has 0 spiro atoms. The maximum absolute atomic E-state index is 9.43. The Balaban J connectivity index is 2.05. The Bertz CT molecular complexity index is 670. The molecular formula is C16H14N2S2. The molecule has 0 aliphatic carbocycles. The van der Waals surface area contributed by atoms with Gasteiger partial charge in [0, 0.05) is 10.6 Å². The van der Waals surface area contributed by atoms with E-state index in [0.717, 1.165) is 22.6 Å². The number of nitriles is 1. The van der Waals surface area contributed by atoms with Crippen molar-refractivity contribution < 1.29 is 0 Å². The van der Waals surface area contributed by atoms with Crippen LogP contribution in [0.3, 0.4) is 0 Å². The highest BCUT2D eigenvalue weighted by Gasteiger charge is 2.17. The van der Waals surface area contributed by atoms with Crippen molar-refractivity contribution in [3.63, 3.8) is 0 Å². The topological polar surface area (TPSA) is 49.8 Å². The Kier molecular flexibility index (Phi) is 3.81. The fraction of sp³-hybridized carbons (Fsp3) is 0.188. The molecule has 1 aliphatic heterocycles. The molecule has 2 N–H and O–H groups in total. The number of thioether (sulfide) groups is 1. The largest absolute Gasteiger partial charge is 0.396 e. The SMILES string of the molecule is N#C/C(=C(/N)c1cc2c(s1)CCSC2)c1ccccc1. The van der Waals surface area contributed by atoms with Crippen molar-refractivity contribution in [3.8, 4) is 6.07 Å². The van der Waals surface area contributed by atoms with E-state index >= 15 is 0 Å². The summed E-state index contributed by atoms with van der Waals surface area (Å²) in [6.45, 7) is 0. The van der Waals surface area contributed by atoms with Gasteiger partial charge in [0.2, 0.25) is 0 Å². The third-order valence-corrected chi connectivity index (χ3v) is 5.62. The first-order chi connectivity index (χ1) is 9.79. The second-order valence-corrected chi connectivity index (χ2v) is 6.87. The minimum atomic E-state index is 0.567. The van der Waals surface area contributed by atoms with Crippen molar-refractivity contribution in [1.82, 2.24) is 0 Å². The van der Waals surface area contributed by atoms with E-state index in [1.807, 2.05) is 42.1 Å². The van der Waals surface area contributed by atoms with Gasteiger partial charge in [-0.25, -0.2) is 0 Å². The zero-order valence-corrected chi connectivity index (χ0v) is 12.6. The molecule has 0 fully saturated rings. The number of fused-ring (bicyclic) bond motifs is 1. The van der Waals surface area contributed by atoms with Gasteiger partial charge in [-0.3, -0.25) is 0 Å². The van der Waals surface area contributed by atoms with Crippen LogP contribution in [0.1, 0.15) is 20.9 Å². The van der Waals surface area contributed by atoms with Gasteiger partial charge in [-0.15, -0.1) is 11.3 Å². The van der Waals surface area contributed by atoms with Crippen LogP contribution in [0.2, 0.25) is 0 Å². The molecule has 1 aliphatic rings. The Labute approximate surface area is 126 Å². The number of hydrogen-bond donors (Lipinski definition) is 1. The monoisotopic (exact) mass is 298 g/mol. The van der Waals surface area contributed by atoms with Crippen LogP contribution in [0.25, 0.3) is 11.3 Å². The van der Waals surface area contributed by atoms with E-state index in [2.05, 4.69) is 12.1 Å². The summed E-state index contributed by atoms with van der Waals surface area (Å²) in [6.07, 6.45) is 1.12. The summed E-state index contributed by atoms with van der Waals surface area (Å²) >= 11 is 3.69. The first-order valence-electron chi connectivity index (χ1n) is 6.44. The number of nitrogens with zero attached hydrogens (tertiary/aromatic N) is 1. The van der Waals surface area contributed by atoms with Crippen LogP contribution in [-0.2, 0) is 12.2 Å². The van der Waals surface area contributed by atoms with E-state index in [0.29, 0.717) is 11.3 Å². The van der Waals surface area contributed by atoms with E-state index in [1.165, 1.54) is 16.2 Å². The fourth-order valence-electron chi connectivity index (χ4n) is 2.29. The molecule has 0 atom stereocenters. The van der Waals surface area contributed by atoms with Crippen molar-refractivity contribution in [2.75, 3.05) is 5.75 Å². The van der Waals surface area contributed by atoms with Crippen molar-refractivity contribution in [1.29, 1.82) is 5.26 Å². The Morgan fingerprint density at radius 3 is 2.75 bits per heavy atom. The Morgan fingerprint density at radius 2 is 2.05 bits per heavy atom. The highest BCUT2D eigenvalue weighted by Crippen LogP contribution is 2.35. The molecule has 0 unspecified atom stereocenters. The second kappa shape index (κ2) is 5.74. The van der Waals surface area contributed by atoms with Gasteiger partial charge in [0.15, 0.2) is 0 Å². The van der Waals surface area contributed by atoms with Gasteiger partial charge in [-0.1, -0.05) is 30.3 Å².